The van der Waals surface area contributed by atoms with Gasteiger partial charge in [-0.2, -0.15) is 23.7 Å². The normalized spacial score (nSPS) is 10.1. The number of pyridine rings is 1. The van der Waals surface area contributed by atoms with Crippen LogP contribution in [0.1, 0.15) is 6.92 Å². The van der Waals surface area contributed by atoms with Gasteiger partial charge < -0.3 is 4.57 Å². The Labute approximate surface area is 145 Å². The summed E-state index contributed by atoms with van der Waals surface area (Å²) in [5.41, 5.74) is 0.0806. The molecular weight excluding hydrogens is 365 g/mol. The van der Waals surface area contributed by atoms with Crippen molar-refractivity contribution in [2.24, 2.45) is 0 Å². The van der Waals surface area contributed by atoms with E-state index in [1.807, 2.05) is 0 Å². The molecule has 0 fully saturated rings. The Kier molecular flexibility index (Phi) is 6.19. The summed E-state index contributed by atoms with van der Waals surface area (Å²) in [5.74, 6) is -0.498. The first-order valence-electron chi connectivity index (χ1n) is 5.31. The average molecular weight is 374 g/mol. The summed E-state index contributed by atoms with van der Waals surface area (Å²) in [6.45, 7) is 2.12. The molecule has 97 valence electrons. The fraction of sp³-hybridized carbons (Fsp3) is 0.154. The molecule has 19 heavy (non-hydrogen) atoms. The molecule has 0 aliphatic heterocycles. The van der Waals surface area contributed by atoms with E-state index < -0.39 is 5.82 Å². The van der Waals surface area contributed by atoms with E-state index >= 15 is 0 Å². The third-order valence-corrected chi connectivity index (χ3v) is 3.16. The van der Waals surface area contributed by atoms with E-state index in [0.717, 1.165) is 0 Å². The van der Waals surface area contributed by atoms with Crippen LogP contribution >= 0.6 is 23.2 Å². The average Bonchev–Trinajstić information content (AvgIpc) is 2.33. The number of hydrogen-bond donors (Lipinski definition) is 0. The summed E-state index contributed by atoms with van der Waals surface area (Å²) in [4.78, 5) is 11.9. The topological polar surface area (TPSA) is 22.0 Å². The van der Waals surface area contributed by atoms with Crippen molar-refractivity contribution in [2.45, 2.75) is 13.5 Å². The van der Waals surface area contributed by atoms with Crippen LogP contribution in [-0.4, -0.2) is 4.57 Å². The Bertz CT molecular complexity index is 637. The smallest absolute Gasteiger partial charge is 0.212 e. The van der Waals surface area contributed by atoms with Gasteiger partial charge in [-0.05, 0) is 23.6 Å². The second kappa shape index (κ2) is 6.98. The van der Waals surface area contributed by atoms with Gasteiger partial charge in [0.1, 0.15) is 0 Å². The Morgan fingerprint density at radius 1 is 1.32 bits per heavy atom. The van der Waals surface area contributed by atoms with Gasteiger partial charge in [0.25, 0.3) is 0 Å². The molecule has 0 saturated carbocycles. The van der Waals surface area contributed by atoms with E-state index in [-0.39, 0.29) is 53.9 Å². The molecule has 1 aromatic heterocycles. The third kappa shape index (κ3) is 3.27. The van der Waals surface area contributed by atoms with E-state index in [0.29, 0.717) is 12.2 Å². The first-order valence-corrected chi connectivity index (χ1v) is 6.07. The fourth-order valence-electron chi connectivity index (χ4n) is 1.73. The number of nitrogens with zero attached hydrogens (tertiary/aromatic N) is 1. The van der Waals surface area contributed by atoms with Gasteiger partial charge in [-0.25, -0.2) is 4.39 Å². The molecule has 1 aromatic carbocycles. The molecule has 0 atom stereocenters. The zero-order valence-electron chi connectivity index (χ0n) is 10.1. The Morgan fingerprint density at radius 2 is 2.00 bits per heavy atom. The molecule has 1 radical (unpaired) electrons. The van der Waals surface area contributed by atoms with Crippen LogP contribution in [-0.2, 0) is 39.3 Å². The third-order valence-electron chi connectivity index (χ3n) is 2.57. The zero-order valence-corrected chi connectivity index (χ0v) is 14.4. The molecule has 0 aliphatic carbocycles. The van der Waals surface area contributed by atoms with Crippen molar-refractivity contribution < 1.29 is 37.1 Å². The van der Waals surface area contributed by atoms with E-state index in [1.54, 1.807) is 13.0 Å². The maximum atomic E-state index is 13.8. The Hall–Kier alpha value is -0.216. The fourth-order valence-corrected chi connectivity index (χ4v) is 2.14. The quantitative estimate of drug-likeness (QED) is 0.734. The summed E-state index contributed by atoms with van der Waals surface area (Å²) in [6, 6.07) is 8.48. The van der Waals surface area contributed by atoms with Crippen LogP contribution in [0.15, 0.2) is 29.1 Å². The van der Waals surface area contributed by atoms with Crippen molar-refractivity contribution in [3.05, 3.63) is 56.5 Å². The Balaban J connectivity index is 0.00000180. The van der Waals surface area contributed by atoms with E-state index in [9.17, 15) is 9.18 Å². The minimum Gasteiger partial charge on any atom is -0.341 e. The molecule has 2 rings (SSSR count). The summed E-state index contributed by atoms with van der Waals surface area (Å²) in [6.07, 6.45) is 0. The molecule has 0 N–H and O–H groups in total. The molecule has 0 bridgehead atoms. The summed E-state index contributed by atoms with van der Waals surface area (Å²) in [5, 5.41) is 0.281. The van der Waals surface area contributed by atoms with E-state index in [2.05, 4.69) is 6.07 Å². The maximum Gasteiger partial charge on any atom is 0.212 e. The van der Waals surface area contributed by atoms with Crippen LogP contribution in [0.25, 0.3) is 11.3 Å². The predicted octanol–water partition coefficient (Wildman–Crippen LogP) is 3.78. The predicted molar refractivity (Wildman–Crippen MR) is 70.6 cm³/mol. The van der Waals surface area contributed by atoms with Gasteiger partial charge in [0, 0.05) is 44.3 Å². The van der Waals surface area contributed by atoms with Gasteiger partial charge in [0.2, 0.25) is 5.56 Å². The molecular formula is C13H9Cl2FNOY-. The molecule has 0 amide bonds. The molecule has 0 spiro atoms. The molecule has 2 nitrogen and oxygen atoms in total. The van der Waals surface area contributed by atoms with Crippen LogP contribution in [0.4, 0.5) is 4.39 Å². The summed E-state index contributed by atoms with van der Waals surface area (Å²) in [7, 11) is 0. The van der Waals surface area contributed by atoms with Crippen molar-refractivity contribution in [1.82, 2.24) is 4.57 Å². The molecule has 0 unspecified atom stereocenters. The Morgan fingerprint density at radius 3 is 2.58 bits per heavy atom. The number of rotatable bonds is 2. The first-order chi connectivity index (χ1) is 8.56. The van der Waals surface area contributed by atoms with Crippen LogP contribution < -0.4 is 5.56 Å². The zero-order chi connectivity index (χ0) is 13.3. The molecule has 1 heterocycles. The monoisotopic (exact) mass is 373 g/mol. The summed E-state index contributed by atoms with van der Waals surface area (Å²) >= 11 is 11.7. The number of halogens is 3. The standard InChI is InChI=1S/C13H9Cl2FNO.Y/c1-2-17-11(7-6-9(15)13(17)18)12-8(14)4-3-5-10(12)16;/h3-6H,2H2,1H3;/q-1;. The molecule has 0 saturated heterocycles. The number of hydrogen-bond acceptors (Lipinski definition) is 1. The van der Waals surface area contributed by atoms with E-state index in [1.165, 1.54) is 22.8 Å². The number of aromatic nitrogens is 1. The van der Waals surface area contributed by atoms with Gasteiger partial charge in [-0.15, -0.1) is 0 Å². The van der Waals surface area contributed by atoms with Gasteiger partial charge in [-0.1, -0.05) is 29.4 Å². The molecule has 2 aromatic rings. The van der Waals surface area contributed by atoms with Crippen LogP contribution in [0.2, 0.25) is 10.0 Å². The molecule has 6 heteroatoms. The van der Waals surface area contributed by atoms with Crippen molar-refractivity contribution in [3.8, 4) is 11.3 Å². The second-order valence-electron chi connectivity index (χ2n) is 3.63. The van der Waals surface area contributed by atoms with Gasteiger partial charge in [0.05, 0.1) is 5.82 Å². The first kappa shape index (κ1) is 16.8. The van der Waals surface area contributed by atoms with Crippen molar-refractivity contribution in [1.29, 1.82) is 0 Å². The van der Waals surface area contributed by atoms with Crippen molar-refractivity contribution >= 4 is 23.2 Å². The van der Waals surface area contributed by atoms with Gasteiger partial charge >= 0.3 is 0 Å². The van der Waals surface area contributed by atoms with Crippen LogP contribution in [0.3, 0.4) is 0 Å². The van der Waals surface area contributed by atoms with E-state index in [4.69, 9.17) is 23.2 Å². The van der Waals surface area contributed by atoms with Gasteiger partial charge in [-0.3, -0.25) is 4.79 Å². The van der Waals surface area contributed by atoms with Crippen LogP contribution in [0, 0.1) is 11.9 Å². The number of benzene rings is 1. The molecule has 0 aliphatic rings. The SMILES string of the molecule is CCn1c(-c2c(F)cccc2Cl)[c-]cc(Cl)c1=O.[Y]. The minimum absolute atomic E-state index is 0. The van der Waals surface area contributed by atoms with Gasteiger partial charge in [0.15, 0.2) is 0 Å². The maximum absolute atomic E-state index is 13.8. The van der Waals surface area contributed by atoms with Crippen molar-refractivity contribution in [2.75, 3.05) is 0 Å². The summed E-state index contributed by atoms with van der Waals surface area (Å²) < 4.78 is 15.2. The largest absolute Gasteiger partial charge is 0.341 e. The minimum atomic E-state index is -0.498. The van der Waals surface area contributed by atoms with Crippen LogP contribution in [0.5, 0.6) is 0 Å². The van der Waals surface area contributed by atoms with Crippen molar-refractivity contribution in [3.63, 3.8) is 0 Å². The second-order valence-corrected chi connectivity index (χ2v) is 4.45.